The van der Waals surface area contributed by atoms with E-state index in [4.69, 9.17) is 0 Å². The zero-order valence-corrected chi connectivity index (χ0v) is 16.1. The molecule has 0 unspecified atom stereocenters. The molecule has 0 radical (unpaired) electrons. The zero-order chi connectivity index (χ0) is 18.7. The Hall–Kier alpha value is -2.25. The molecule has 1 saturated heterocycles. The van der Waals surface area contributed by atoms with E-state index in [9.17, 15) is 14.9 Å². The summed E-state index contributed by atoms with van der Waals surface area (Å²) in [6.45, 7) is 5.26. The monoisotopic (exact) mass is 417 g/mol. The van der Waals surface area contributed by atoms with Gasteiger partial charge in [-0.2, -0.15) is 0 Å². The van der Waals surface area contributed by atoms with Crippen molar-refractivity contribution in [1.82, 2.24) is 9.80 Å². The Morgan fingerprint density at radius 1 is 1.12 bits per heavy atom. The molecule has 1 heterocycles. The van der Waals surface area contributed by atoms with Gasteiger partial charge in [0.1, 0.15) is 0 Å². The summed E-state index contributed by atoms with van der Waals surface area (Å²) in [6.07, 6.45) is 0. The molecule has 1 aliphatic rings. The number of halogens is 1. The van der Waals surface area contributed by atoms with Crippen LogP contribution >= 0.6 is 15.9 Å². The number of amides is 1. The molecular weight excluding hydrogens is 398 g/mol. The van der Waals surface area contributed by atoms with Gasteiger partial charge in [0.2, 0.25) is 0 Å². The lowest BCUT2D eigenvalue weighted by molar-refractivity contribution is -0.385. The highest BCUT2D eigenvalue weighted by molar-refractivity contribution is 9.10. The second-order valence-corrected chi connectivity index (χ2v) is 7.22. The van der Waals surface area contributed by atoms with Gasteiger partial charge in [0.15, 0.2) is 0 Å². The summed E-state index contributed by atoms with van der Waals surface area (Å²) in [5.74, 6) is -0.133. The summed E-state index contributed by atoms with van der Waals surface area (Å²) >= 11 is 3.57. The molecule has 1 aliphatic heterocycles. The van der Waals surface area contributed by atoms with Crippen LogP contribution in [0.3, 0.4) is 0 Å². The first kappa shape index (κ1) is 18.5. The minimum atomic E-state index is -0.443. The number of nitro groups is 1. The molecule has 6 nitrogen and oxygen atoms in total. The van der Waals surface area contributed by atoms with Gasteiger partial charge in [-0.15, -0.1) is 0 Å². The number of nitro benzene ring substituents is 1. The van der Waals surface area contributed by atoms with Crippen molar-refractivity contribution in [2.24, 2.45) is 0 Å². The van der Waals surface area contributed by atoms with E-state index in [2.05, 4.69) is 26.9 Å². The Kier molecular flexibility index (Phi) is 5.68. The fourth-order valence-corrected chi connectivity index (χ4v) is 3.61. The van der Waals surface area contributed by atoms with Crippen LogP contribution < -0.4 is 0 Å². The average Bonchev–Trinajstić information content (AvgIpc) is 2.64. The van der Waals surface area contributed by atoms with Gasteiger partial charge in [0, 0.05) is 54.4 Å². The number of hydrogen-bond acceptors (Lipinski definition) is 4. The standard InChI is InChI=1S/C19H20BrN3O3/c1-14-16(6-4-8-18(14)23(25)26)19(24)22-11-9-21(10-12-22)13-15-5-2-3-7-17(15)20/h2-8H,9-13H2,1H3. The first-order chi connectivity index (χ1) is 12.5. The summed E-state index contributed by atoms with van der Waals surface area (Å²) in [6, 6.07) is 12.8. The van der Waals surface area contributed by atoms with Crippen LogP contribution in [0.1, 0.15) is 21.5 Å². The SMILES string of the molecule is Cc1c(C(=O)N2CCN(Cc3ccccc3Br)CC2)cccc1[N+](=O)[O-]. The molecule has 1 amide bonds. The van der Waals surface area contributed by atoms with Crippen molar-refractivity contribution in [2.75, 3.05) is 26.2 Å². The fraction of sp³-hybridized carbons (Fsp3) is 0.316. The first-order valence-electron chi connectivity index (χ1n) is 8.46. The van der Waals surface area contributed by atoms with E-state index in [1.54, 1.807) is 24.0 Å². The lowest BCUT2D eigenvalue weighted by Crippen LogP contribution is -2.48. The third-order valence-electron chi connectivity index (χ3n) is 4.74. The van der Waals surface area contributed by atoms with Gasteiger partial charge in [0.05, 0.1) is 4.92 Å². The number of benzene rings is 2. The zero-order valence-electron chi connectivity index (χ0n) is 14.5. The largest absolute Gasteiger partial charge is 0.336 e. The third kappa shape index (κ3) is 3.94. The summed E-state index contributed by atoms with van der Waals surface area (Å²) in [4.78, 5) is 27.5. The molecule has 2 aromatic rings. The molecule has 0 aliphatic carbocycles. The summed E-state index contributed by atoms with van der Waals surface area (Å²) in [5.41, 5.74) is 2.06. The number of piperazine rings is 1. The van der Waals surface area contributed by atoms with Crippen LogP contribution in [0.4, 0.5) is 5.69 Å². The number of carbonyl (C=O) groups excluding carboxylic acids is 1. The van der Waals surface area contributed by atoms with Crippen molar-refractivity contribution >= 4 is 27.5 Å². The topological polar surface area (TPSA) is 66.7 Å². The fourth-order valence-electron chi connectivity index (χ4n) is 3.20. The molecule has 0 N–H and O–H groups in total. The van der Waals surface area contributed by atoms with Crippen LogP contribution in [-0.2, 0) is 6.54 Å². The Labute approximate surface area is 160 Å². The third-order valence-corrected chi connectivity index (χ3v) is 5.52. The Bertz CT molecular complexity index is 833. The normalized spacial score (nSPS) is 15.1. The minimum absolute atomic E-state index is 0.0107. The van der Waals surface area contributed by atoms with Gasteiger partial charge in [0.25, 0.3) is 11.6 Å². The second kappa shape index (κ2) is 7.97. The minimum Gasteiger partial charge on any atom is -0.336 e. The maximum Gasteiger partial charge on any atom is 0.273 e. The first-order valence-corrected chi connectivity index (χ1v) is 9.25. The van der Waals surface area contributed by atoms with Gasteiger partial charge < -0.3 is 4.90 Å². The van der Waals surface area contributed by atoms with Crippen LogP contribution in [0.15, 0.2) is 46.9 Å². The summed E-state index contributed by atoms with van der Waals surface area (Å²) < 4.78 is 1.09. The highest BCUT2D eigenvalue weighted by Crippen LogP contribution is 2.23. The van der Waals surface area contributed by atoms with E-state index in [0.29, 0.717) is 24.2 Å². The van der Waals surface area contributed by atoms with E-state index in [-0.39, 0.29) is 11.6 Å². The molecule has 2 aromatic carbocycles. The Morgan fingerprint density at radius 3 is 2.46 bits per heavy atom. The number of rotatable bonds is 4. The van der Waals surface area contributed by atoms with E-state index >= 15 is 0 Å². The van der Waals surface area contributed by atoms with Gasteiger partial charge >= 0.3 is 0 Å². The smallest absolute Gasteiger partial charge is 0.273 e. The molecule has 26 heavy (non-hydrogen) atoms. The number of hydrogen-bond donors (Lipinski definition) is 0. The maximum absolute atomic E-state index is 12.8. The van der Waals surface area contributed by atoms with Crippen LogP contribution in [-0.4, -0.2) is 46.8 Å². The molecule has 0 atom stereocenters. The molecule has 0 bridgehead atoms. The van der Waals surface area contributed by atoms with Crippen LogP contribution in [0.5, 0.6) is 0 Å². The van der Waals surface area contributed by atoms with Crippen LogP contribution in [0.2, 0.25) is 0 Å². The second-order valence-electron chi connectivity index (χ2n) is 6.37. The number of carbonyl (C=O) groups is 1. The highest BCUT2D eigenvalue weighted by Gasteiger charge is 2.25. The van der Waals surface area contributed by atoms with Gasteiger partial charge in [-0.1, -0.05) is 40.2 Å². The number of nitrogens with zero attached hydrogens (tertiary/aromatic N) is 3. The van der Waals surface area contributed by atoms with Gasteiger partial charge in [-0.25, -0.2) is 0 Å². The van der Waals surface area contributed by atoms with Crippen molar-refractivity contribution < 1.29 is 9.72 Å². The quantitative estimate of drug-likeness (QED) is 0.562. The lowest BCUT2D eigenvalue weighted by Gasteiger charge is -2.35. The average molecular weight is 418 g/mol. The Morgan fingerprint density at radius 2 is 1.81 bits per heavy atom. The van der Waals surface area contributed by atoms with Crippen LogP contribution in [0.25, 0.3) is 0 Å². The predicted octanol–water partition coefficient (Wildman–Crippen LogP) is 3.62. The molecule has 3 rings (SSSR count). The maximum atomic E-state index is 12.8. The van der Waals surface area contributed by atoms with E-state index < -0.39 is 4.92 Å². The van der Waals surface area contributed by atoms with Crippen molar-refractivity contribution in [3.05, 3.63) is 73.7 Å². The predicted molar refractivity (Wildman–Crippen MR) is 103 cm³/mol. The molecular formula is C19H20BrN3O3. The van der Waals surface area contributed by atoms with Crippen molar-refractivity contribution in [3.8, 4) is 0 Å². The van der Waals surface area contributed by atoms with E-state index in [0.717, 1.165) is 24.1 Å². The van der Waals surface area contributed by atoms with Crippen molar-refractivity contribution in [1.29, 1.82) is 0 Å². The summed E-state index contributed by atoms with van der Waals surface area (Å²) in [5, 5.41) is 11.1. The van der Waals surface area contributed by atoms with Crippen molar-refractivity contribution in [3.63, 3.8) is 0 Å². The van der Waals surface area contributed by atoms with Crippen LogP contribution in [0, 0.1) is 17.0 Å². The molecule has 0 spiro atoms. The molecule has 0 saturated carbocycles. The van der Waals surface area contributed by atoms with Gasteiger partial charge in [-0.05, 0) is 24.6 Å². The van der Waals surface area contributed by atoms with Gasteiger partial charge in [-0.3, -0.25) is 19.8 Å². The molecule has 1 fully saturated rings. The summed E-state index contributed by atoms with van der Waals surface area (Å²) in [7, 11) is 0. The highest BCUT2D eigenvalue weighted by atomic mass is 79.9. The van der Waals surface area contributed by atoms with Crippen molar-refractivity contribution in [2.45, 2.75) is 13.5 Å². The molecule has 7 heteroatoms. The van der Waals surface area contributed by atoms with E-state index in [1.165, 1.54) is 11.6 Å². The lowest BCUT2D eigenvalue weighted by atomic mass is 10.1. The Balaban J connectivity index is 1.65. The molecule has 0 aromatic heterocycles. The molecule has 136 valence electrons. The van der Waals surface area contributed by atoms with E-state index in [1.807, 2.05) is 18.2 Å².